The van der Waals surface area contributed by atoms with Crippen molar-refractivity contribution in [3.63, 3.8) is 0 Å². The molecule has 1 aromatic heterocycles. The summed E-state index contributed by atoms with van der Waals surface area (Å²) >= 11 is 11.5. The molecule has 0 atom stereocenters. The zero-order valence-corrected chi connectivity index (χ0v) is 12.2. The number of carbonyl (C=O) groups excluding carboxylic acids is 1. The largest absolute Gasteiger partial charge is 0.352 e. The third kappa shape index (κ3) is 5.69. The highest BCUT2D eigenvalue weighted by Crippen LogP contribution is 2.14. The molecular weight excluding hydrogens is 271 g/mol. The maximum atomic E-state index is 11.8. The molecule has 0 spiro atoms. The molecule has 18 heavy (non-hydrogen) atoms. The SMILES string of the molecule is CC(C)CCCCNC(=O)c1cc(Cl)nc(Cl)c1. The van der Waals surface area contributed by atoms with E-state index in [1.165, 1.54) is 18.6 Å². The summed E-state index contributed by atoms with van der Waals surface area (Å²) in [5.74, 6) is 0.546. The number of carbonyl (C=O) groups is 1. The fourth-order valence-corrected chi connectivity index (χ4v) is 2.04. The number of aromatic nitrogens is 1. The van der Waals surface area contributed by atoms with Crippen molar-refractivity contribution in [3.8, 4) is 0 Å². The van der Waals surface area contributed by atoms with Gasteiger partial charge in [0.25, 0.3) is 5.91 Å². The highest BCUT2D eigenvalue weighted by Gasteiger charge is 2.07. The molecule has 0 aromatic carbocycles. The van der Waals surface area contributed by atoms with Crippen LogP contribution < -0.4 is 5.32 Å². The molecule has 0 fully saturated rings. The molecule has 0 saturated carbocycles. The van der Waals surface area contributed by atoms with E-state index in [1.54, 1.807) is 0 Å². The van der Waals surface area contributed by atoms with Gasteiger partial charge >= 0.3 is 0 Å². The van der Waals surface area contributed by atoms with Gasteiger partial charge in [0.05, 0.1) is 0 Å². The predicted molar refractivity (Wildman–Crippen MR) is 75.3 cm³/mol. The van der Waals surface area contributed by atoms with Gasteiger partial charge in [-0.1, -0.05) is 49.9 Å². The summed E-state index contributed by atoms with van der Waals surface area (Å²) in [6.45, 7) is 5.06. The average molecular weight is 289 g/mol. The predicted octanol–water partition coefficient (Wildman–Crippen LogP) is 3.94. The molecule has 0 radical (unpaired) electrons. The molecule has 0 saturated heterocycles. The molecule has 0 bridgehead atoms. The van der Waals surface area contributed by atoms with E-state index >= 15 is 0 Å². The summed E-state index contributed by atoms with van der Waals surface area (Å²) in [6, 6.07) is 3.02. The smallest absolute Gasteiger partial charge is 0.251 e. The molecule has 1 heterocycles. The van der Waals surface area contributed by atoms with Crippen LogP contribution in [0.5, 0.6) is 0 Å². The lowest BCUT2D eigenvalue weighted by atomic mass is 10.1. The van der Waals surface area contributed by atoms with Crippen molar-refractivity contribution < 1.29 is 4.79 Å². The number of hydrogen-bond acceptors (Lipinski definition) is 2. The Labute approximate surface area is 118 Å². The van der Waals surface area contributed by atoms with Gasteiger partial charge in [0, 0.05) is 12.1 Å². The monoisotopic (exact) mass is 288 g/mol. The van der Waals surface area contributed by atoms with Crippen LogP contribution in [-0.2, 0) is 0 Å². The van der Waals surface area contributed by atoms with E-state index < -0.39 is 0 Å². The van der Waals surface area contributed by atoms with Crippen LogP contribution in [0.1, 0.15) is 43.5 Å². The second-order valence-corrected chi connectivity index (χ2v) is 5.42. The van der Waals surface area contributed by atoms with Crippen molar-refractivity contribution in [1.82, 2.24) is 10.3 Å². The van der Waals surface area contributed by atoms with Crippen molar-refractivity contribution in [1.29, 1.82) is 0 Å². The van der Waals surface area contributed by atoms with Gasteiger partial charge in [0.1, 0.15) is 10.3 Å². The van der Waals surface area contributed by atoms with Crippen LogP contribution in [0.4, 0.5) is 0 Å². The van der Waals surface area contributed by atoms with Gasteiger partial charge in [0.2, 0.25) is 0 Å². The third-order valence-electron chi connectivity index (χ3n) is 2.52. The quantitative estimate of drug-likeness (QED) is 0.636. The van der Waals surface area contributed by atoms with E-state index in [0.717, 1.165) is 12.8 Å². The molecule has 0 aliphatic heterocycles. The first-order chi connectivity index (χ1) is 8.49. The van der Waals surface area contributed by atoms with Gasteiger partial charge in [-0.3, -0.25) is 4.79 Å². The van der Waals surface area contributed by atoms with Crippen molar-refractivity contribution in [2.45, 2.75) is 33.1 Å². The first-order valence-corrected chi connectivity index (χ1v) is 6.86. The van der Waals surface area contributed by atoms with E-state index in [4.69, 9.17) is 23.2 Å². The fraction of sp³-hybridized carbons (Fsp3) is 0.538. The molecule has 1 rings (SSSR count). The summed E-state index contributed by atoms with van der Waals surface area (Å²) in [5, 5.41) is 3.30. The zero-order chi connectivity index (χ0) is 13.5. The normalized spacial score (nSPS) is 10.7. The lowest BCUT2D eigenvalue weighted by Crippen LogP contribution is -2.24. The second kappa shape index (κ2) is 7.59. The van der Waals surface area contributed by atoms with E-state index in [2.05, 4.69) is 24.1 Å². The average Bonchev–Trinajstić information content (AvgIpc) is 2.26. The Morgan fingerprint density at radius 3 is 2.44 bits per heavy atom. The van der Waals surface area contributed by atoms with E-state index in [0.29, 0.717) is 18.0 Å². The third-order valence-corrected chi connectivity index (χ3v) is 2.91. The molecule has 100 valence electrons. The van der Waals surface area contributed by atoms with Gasteiger partial charge in [-0.25, -0.2) is 4.98 Å². The molecule has 1 N–H and O–H groups in total. The summed E-state index contributed by atoms with van der Waals surface area (Å²) in [7, 11) is 0. The minimum Gasteiger partial charge on any atom is -0.352 e. The first kappa shape index (κ1) is 15.3. The van der Waals surface area contributed by atoms with Gasteiger partial charge in [0.15, 0.2) is 0 Å². The standard InChI is InChI=1S/C13H18Cl2N2O/c1-9(2)5-3-4-6-16-13(18)10-7-11(14)17-12(15)8-10/h7-9H,3-6H2,1-2H3,(H,16,18). The second-order valence-electron chi connectivity index (χ2n) is 4.65. The molecule has 3 nitrogen and oxygen atoms in total. The van der Waals surface area contributed by atoms with Gasteiger partial charge in [-0.2, -0.15) is 0 Å². The number of rotatable bonds is 6. The van der Waals surface area contributed by atoms with Gasteiger partial charge in [-0.05, 0) is 24.5 Å². The molecule has 0 unspecified atom stereocenters. The Morgan fingerprint density at radius 1 is 1.28 bits per heavy atom. The van der Waals surface area contributed by atoms with Crippen LogP contribution in [0.3, 0.4) is 0 Å². The Balaban J connectivity index is 2.36. The molecule has 1 aromatic rings. The topological polar surface area (TPSA) is 42.0 Å². The van der Waals surface area contributed by atoms with Gasteiger partial charge < -0.3 is 5.32 Å². The number of unbranched alkanes of at least 4 members (excludes halogenated alkanes) is 1. The van der Waals surface area contributed by atoms with Crippen molar-refractivity contribution in [2.24, 2.45) is 5.92 Å². The van der Waals surface area contributed by atoms with Crippen LogP contribution >= 0.6 is 23.2 Å². The molecule has 0 aliphatic rings. The maximum Gasteiger partial charge on any atom is 0.251 e. The number of nitrogens with zero attached hydrogens (tertiary/aromatic N) is 1. The van der Waals surface area contributed by atoms with Crippen LogP contribution in [0.2, 0.25) is 10.3 Å². The number of halogens is 2. The van der Waals surface area contributed by atoms with E-state index in [1.807, 2.05) is 0 Å². The molecule has 1 amide bonds. The molecule has 5 heteroatoms. The highest BCUT2D eigenvalue weighted by molar-refractivity contribution is 6.33. The van der Waals surface area contributed by atoms with Crippen LogP contribution in [0, 0.1) is 5.92 Å². The minimum atomic E-state index is -0.161. The number of hydrogen-bond donors (Lipinski definition) is 1. The minimum absolute atomic E-state index is 0.161. The number of amides is 1. The first-order valence-electron chi connectivity index (χ1n) is 6.10. The summed E-state index contributed by atoms with van der Waals surface area (Å²) in [4.78, 5) is 15.6. The van der Waals surface area contributed by atoms with Crippen LogP contribution in [0.25, 0.3) is 0 Å². The van der Waals surface area contributed by atoms with E-state index in [9.17, 15) is 4.79 Å². The zero-order valence-electron chi connectivity index (χ0n) is 10.7. The number of nitrogens with one attached hydrogen (secondary N) is 1. The lowest BCUT2D eigenvalue weighted by Gasteiger charge is -2.07. The lowest BCUT2D eigenvalue weighted by molar-refractivity contribution is 0.0952. The Kier molecular flexibility index (Phi) is 6.44. The Bertz CT molecular complexity index is 388. The molecular formula is C13H18Cl2N2O. The van der Waals surface area contributed by atoms with Crippen LogP contribution in [0.15, 0.2) is 12.1 Å². The Hall–Kier alpha value is -0.800. The summed E-state index contributed by atoms with van der Waals surface area (Å²) in [5.41, 5.74) is 0.448. The van der Waals surface area contributed by atoms with Gasteiger partial charge in [-0.15, -0.1) is 0 Å². The van der Waals surface area contributed by atoms with Crippen molar-refractivity contribution >= 4 is 29.1 Å². The molecule has 0 aliphatic carbocycles. The maximum absolute atomic E-state index is 11.8. The summed E-state index contributed by atoms with van der Waals surface area (Å²) < 4.78 is 0. The van der Waals surface area contributed by atoms with Crippen molar-refractivity contribution in [2.75, 3.05) is 6.54 Å². The summed E-state index contributed by atoms with van der Waals surface area (Å²) in [6.07, 6.45) is 3.29. The van der Waals surface area contributed by atoms with Crippen molar-refractivity contribution in [3.05, 3.63) is 28.0 Å². The van der Waals surface area contributed by atoms with Crippen LogP contribution in [-0.4, -0.2) is 17.4 Å². The highest BCUT2D eigenvalue weighted by atomic mass is 35.5. The van der Waals surface area contributed by atoms with E-state index in [-0.39, 0.29) is 16.2 Å². The Morgan fingerprint density at radius 2 is 1.89 bits per heavy atom. The number of pyridine rings is 1. The fourth-order valence-electron chi connectivity index (χ4n) is 1.58.